The molecule has 0 saturated heterocycles. The Balaban J connectivity index is 2.52. The molecular weight excluding hydrogens is 276 g/mol. The monoisotopic (exact) mass is 304 g/mol. The van der Waals surface area contributed by atoms with Crippen molar-refractivity contribution in [3.05, 3.63) is 0 Å². The highest BCUT2D eigenvalue weighted by molar-refractivity contribution is 7.85. The van der Waals surface area contributed by atoms with Crippen molar-refractivity contribution in [1.29, 1.82) is 0 Å². The SMILES string of the molecule is CC[S@](=O)[C@@H]1CCCC[C@@H]1NC(=O)N[C@@H](C)[C@H](C)CO. The molecule has 5 atom stereocenters. The van der Waals surface area contributed by atoms with Crippen molar-refractivity contribution < 1.29 is 14.1 Å². The first-order valence-corrected chi connectivity index (χ1v) is 8.92. The van der Waals surface area contributed by atoms with Crippen LogP contribution in [0.25, 0.3) is 0 Å². The number of nitrogens with one attached hydrogen (secondary N) is 2. The summed E-state index contributed by atoms with van der Waals surface area (Å²) in [5.41, 5.74) is 0. The summed E-state index contributed by atoms with van der Waals surface area (Å²) in [6.07, 6.45) is 3.99. The molecule has 0 aromatic heterocycles. The highest BCUT2D eigenvalue weighted by Gasteiger charge is 2.30. The maximum absolute atomic E-state index is 12.0. The molecule has 1 rings (SSSR count). The lowest BCUT2D eigenvalue weighted by atomic mass is 9.95. The minimum Gasteiger partial charge on any atom is -0.396 e. The van der Waals surface area contributed by atoms with Crippen LogP contribution in [-0.4, -0.2) is 45.0 Å². The Morgan fingerprint density at radius 1 is 1.35 bits per heavy atom. The molecular formula is C14H28N2O3S. The first kappa shape index (κ1) is 17.4. The zero-order chi connectivity index (χ0) is 15.1. The van der Waals surface area contributed by atoms with Gasteiger partial charge in [0.1, 0.15) is 0 Å². The van der Waals surface area contributed by atoms with Crippen LogP contribution >= 0.6 is 0 Å². The molecule has 0 unspecified atom stereocenters. The highest BCUT2D eigenvalue weighted by atomic mass is 32.2. The van der Waals surface area contributed by atoms with Crippen molar-refractivity contribution in [3.8, 4) is 0 Å². The molecule has 6 heteroatoms. The van der Waals surface area contributed by atoms with E-state index < -0.39 is 10.8 Å². The number of hydrogen-bond acceptors (Lipinski definition) is 3. The van der Waals surface area contributed by atoms with Gasteiger partial charge in [-0.25, -0.2) is 4.79 Å². The smallest absolute Gasteiger partial charge is 0.315 e. The van der Waals surface area contributed by atoms with E-state index >= 15 is 0 Å². The summed E-state index contributed by atoms with van der Waals surface area (Å²) in [6.45, 7) is 5.74. The number of rotatable bonds is 6. The Morgan fingerprint density at radius 3 is 2.60 bits per heavy atom. The molecule has 20 heavy (non-hydrogen) atoms. The lowest BCUT2D eigenvalue weighted by Crippen LogP contribution is -2.53. The number of aliphatic hydroxyl groups excluding tert-OH is 1. The third kappa shape index (κ3) is 5.05. The molecule has 5 nitrogen and oxygen atoms in total. The summed E-state index contributed by atoms with van der Waals surface area (Å²) < 4.78 is 12.0. The lowest BCUT2D eigenvalue weighted by molar-refractivity contribution is 0.197. The van der Waals surface area contributed by atoms with E-state index in [2.05, 4.69) is 10.6 Å². The van der Waals surface area contributed by atoms with Crippen molar-refractivity contribution in [2.45, 2.75) is 63.8 Å². The Labute approximate surface area is 124 Å². The van der Waals surface area contributed by atoms with Crippen LogP contribution in [0.4, 0.5) is 4.79 Å². The van der Waals surface area contributed by atoms with E-state index in [1.165, 1.54) is 0 Å². The second-order valence-electron chi connectivity index (χ2n) is 5.67. The van der Waals surface area contributed by atoms with E-state index in [1.54, 1.807) is 0 Å². The van der Waals surface area contributed by atoms with Crippen molar-refractivity contribution in [2.24, 2.45) is 5.92 Å². The van der Waals surface area contributed by atoms with Crippen LogP contribution in [-0.2, 0) is 10.8 Å². The van der Waals surface area contributed by atoms with Gasteiger partial charge in [0, 0.05) is 35.2 Å². The van der Waals surface area contributed by atoms with E-state index in [-0.39, 0.29) is 35.9 Å². The minimum atomic E-state index is -0.865. The molecule has 0 bridgehead atoms. The van der Waals surface area contributed by atoms with Crippen molar-refractivity contribution in [2.75, 3.05) is 12.4 Å². The third-order valence-electron chi connectivity index (χ3n) is 4.14. The molecule has 1 aliphatic carbocycles. The average Bonchev–Trinajstić information content (AvgIpc) is 2.45. The number of aliphatic hydroxyl groups is 1. The fraction of sp³-hybridized carbons (Fsp3) is 0.929. The van der Waals surface area contributed by atoms with Crippen LogP contribution in [0.2, 0.25) is 0 Å². The van der Waals surface area contributed by atoms with Crippen LogP contribution in [0, 0.1) is 5.92 Å². The molecule has 1 aliphatic rings. The van der Waals surface area contributed by atoms with Gasteiger partial charge in [-0.05, 0) is 25.7 Å². The number of carbonyl (C=O) groups is 1. The molecule has 1 fully saturated rings. The van der Waals surface area contributed by atoms with Crippen molar-refractivity contribution >= 4 is 16.8 Å². The normalized spacial score (nSPS) is 27.4. The van der Waals surface area contributed by atoms with Crippen molar-refractivity contribution in [3.63, 3.8) is 0 Å². The predicted octanol–water partition coefficient (Wildman–Crippen LogP) is 1.38. The van der Waals surface area contributed by atoms with Gasteiger partial charge in [-0.1, -0.05) is 26.7 Å². The van der Waals surface area contributed by atoms with E-state index in [0.29, 0.717) is 5.75 Å². The molecule has 3 N–H and O–H groups in total. The van der Waals surface area contributed by atoms with E-state index in [9.17, 15) is 9.00 Å². The van der Waals surface area contributed by atoms with E-state index in [0.717, 1.165) is 25.7 Å². The van der Waals surface area contributed by atoms with Crippen LogP contribution in [0.3, 0.4) is 0 Å². The van der Waals surface area contributed by atoms with Crippen LogP contribution < -0.4 is 10.6 Å². The Morgan fingerprint density at radius 2 is 2.00 bits per heavy atom. The Hall–Kier alpha value is -0.620. The van der Waals surface area contributed by atoms with Gasteiger partial charge in [0.2, 0.25) is 0 Å². The number of hydrogen-bond donors (Lipinski definition) is 3. The topological polar surface area (TPSA) is 78.4 Å². The summed E-state index contributed by atoms with van der Waals surface area (Å²) in [6, 6.07) is -0.303. The van der Waals surface area contributed by atoms with Gasteiger partial charge < -0.3 is 15.7 Å². The summed E-state index contributed by atoms with van der Waals surface area (Å²) in [7, 11) is -0.865. The summed E-state index contributed by atoms with van der Waals surface area (Å²) >= 11 is 0. The maximum atomic E-state index is 12.0. The Bertz CT molecular complexity index is 338. The summed E-state index contributed by atoms with van der Waals surface area (Å²) in [5, 5.41) is 15.0. The number of urea groups is 1. The average molecular weight is 304 g/mol. The van der Waals surface area contributed by atoms with Gasteiger partial charge in [0.15, 0.2) is 0 Å². The van der Waals surface area contributed by atoms with Gasteiger partial charge in [-0.15, -0.1) is 0 Å². The zero-order valence-electron chi connectivity index (χ0n) is 12.7. The first-order valence-electron chi connectivity index (χ1n) is 7.54. The van der Waals surface area contributed by atoms with Crippen LogP contribution in [0.1, 0.15) is 46.5 Å². The van der Waals surface area contributed by atoms with Gasteiger partial charge in [0.25, 0.3) is 0 Å². The van der Waals surface area contributed by atoms with Crippen molar-refractivity contribution in [1.82, 2.24) is 10.6 Å². The summed E-state index contributed by atoms with van der Waals surface area (Å²) in [4.78, 5) is 12.0. The van der Waals surface area contributed by atoms with Gasteiger partial charge in [-0.2, -0.15) is 0 Å². The van der Waals surface area contributed by atoms with Gasteiger partial charge in [0.05, 0.1) is 5.25 Å². The molecule has 2 amide bonds. The highest BCUT2D eigenvalue weighted by Crippen LogP contribution is 2.23. The molecule has 0 aliphatic heterocycles. The number of carbonyl (C=O) groups excluding carboxylic acids is 1. The molecule has 1 saturated carbocycles. The minimum absolute atomic E-state index is 0.00108. The van der Waals surface area contributed by atoms with Crippen LogP contribution in [0.15, 0.2) is 0 Å². The second kappa shape index (κ2) is 8.62. The zero-order valence-corrected chi connectivity index (χ0v) is 13.5. The molecule has 0 spiro atoms. The Kier molecular flexibility index (Phi) is 7.51. The molecule has 0 aromatic rings. The largest absolute Gasteiger partial charge is 0.396 e. The van der Waals surface area contributed by atoms with E-state index in [1.807, 2.05) is 20.8 Å². The second-order valence-corrected chi connectivity index (χ2v) is 7.61. The fourth-order valence-electron chi connectivity index (χ4n) is 2.51. The fourth-order valence-corrected chi connectivity index (χ4v) is 3.94. The first-order chi connectivity index (χ1) is 9.49. The predicted molar refractivity (Wildman–Crippen MR) is 82.1 cm³/mol. The quantitative estimate of drug-likeness (QED) is 0.694. The van der Waals surface area contributed by atoms with Gasteiger partial charge in [-0.3, -0.25) is 4.21 Å². The molecule has 118 valence electrons. The number of amides is 2. The third-order valence-corrected chi connectivity index (χ3v) is 5.95. The molecule has 0 radical (unpaired) electrons. The standard InChI is InChI=1S/C14H28N2O3S/c1-4-20(19)13-8-6-5-7-12(13)16-14(18)15-11(3)10(2)9-17/h10-13,17H,4-9H2,1-3H3,(H2,15,16,18)/t10-,11+,12+,13-,20+/m1/s1. The van der Waals surface area contributed by atoms with Crippen LogP contribution in [0.5, 0.6) is 0 Å². The van der Waals surface area contributed by atoms with Gasteiger partial charge >= 0.3 is 6.03 Å². The maximum Gasteiger partial charge on any atom is 0.315 e. The molecule has 0 aromatic carbocycles. The molecule has 0 heterocycles. The lowest BCUT2D eigenvalue weighted by Gasteiger charge is -2.32. The summed E-state index contributed by atoms with van der Waals surface area (Å²) in [5.74, 6) is 0.662. The van der Waals surface area contributed by atoms with E-state index in [4.69, 9.17) is 5.11 Å².